The average Bonchev–Trinajstić information content (AvgIpc) is 2.89. The van der Waals surface area contributed by atoms with Crippen molar-refractivity contribution in [3.63, 3.8) is 0 Å². The number of nitrogens with one attached hydrogen (secondary N) is 2. The van der Waals surface area contributed by atoms with Crippen molar-refractivity contribution in [3.05, 3.63) is 126 Å². The smallest absolute Gasteiger partial charge is 0.0936 e. The molecule has 0 saturated heterocycles. The summed E-state index contributed by atoms with van der Waals surface area (Å²) in [5.74, 6) is 0. The molecular formula is C29H23ClN4. The van der Waals surface area contributed by atoms with Gasteiger partial charge in [-0.05, 0) is 66.2 Å². The van der Waals surface area contributed by atoms with Crippen molar-refractivity contribution in [1.82, 2.24) is 0 Å². The molecule has 4 nitrogen and oxygen atoms in total. The predicted octanol–water partition coefficient (Wildman–Crippen LogP) is 9.26. The van der Waals surface area contributed by atoms with Gasteiger partial charge in [0.15, 0.2) is 0 Å². The molecule has 2 N–H and O–H groups in total. The van der Waals surface area contributed by atoms with E-state index < -0.39 is 0 Å². The second-order valence-corrected chi connectivity index (χ2v) is 8.33. The lowest BCUT2D eigenvalue weighted by atomic mass is 10.1. The van der Waals surface area contributed by atoms with Crippen molar-refractivity contribution in [2.24, 2.45) is 10.2 Å². The number of fused-ring (bicyclic) bond motifs is 1. The first kappa shape index (κ1) is 21.7. The lowest BCUT2D eigenvalue weighted by Crippen LogP contribution is -1.99. The van der Waals surface area contributed by atoms with Crippen LogP contribution in [-0.2, 0) is 6.54 Å². The van der Waals surface area contributed by atoms with E-state index in [0.717, 1.165) is 45.8 Å². The molecule has 0 bridgehead atoms. The van der Waals surface area contributed by atoms with Gasteiger partial charge in [0.2, 0.25) is 0 Å². The van der Waals surface area contributed by atoms with Crippen LogP contribution in [0.3, 0.4) is 0 Å². The molecule has 0 radical (unpaired) electrons. The van der Waals surface area contributed by atoms with Crippen molar-refractivity contribution in [3.8, 4) is 0 Å². The molecule has 166 valence electrons. The topological polar surface area (TPSA) is 48.8 Å². The van der Waals surface area contributed by atoms with Crippen LogP contribution in [0.5, 0.6) is 0 Å². The highest BCUT2D eigenvalue weighted by Crippen LogP contribution is 2.34. The van der Waals surface area contributed by atoms with Crippen LogP contribution >= 0.6 is 11.6 Å². The summed E-state index contributed by atoms with van der Waals surface area (Å²) in [6, 6.07) is 38.3. The fourth-order valence-electron chi connectivity index (χ4n) is 3.73. The summed E-state index contributed by atoms with van der Waals surface area (Å²) in [7, 11) is 0. The monoisotopic (exact) mass is 462 g/mol. The maximum Gasteiger partial charge on any atom is 0.0936 e. The van der Waals surface area contributed by atoms with E-state index in [-0.39, 0.29) is 0 Å². The zero-order valence-corrected chi connectivity index (χ0v) is 19.2. The van der Waals surface area contributed by atoms with Gasteiger partial charge in [-0.25, -0.2) is 0 Å². The molecular weight excluding hydrogens is 440 g/mol. The highest BCUT2D eigenvalue weighted by Gasteiger charge is 2.06. The number of nitrogens with zero attached hydrogens (tertiary/aromatic N) is 2. The van der Waals surface area contributed by atoms with Gasteiger partial charge < -0.3 is 10.6 Å². The van der Waals surface area contributed by atoms with E-state index in [1.807, 2.05) is 54.6 Å². The van der Waals surface area contributed by atoms with Gasteiger partial charge >= 0.3 is 0 Å². The van der Waals surface area contributed by atoms with Gasteiger partial charge in [0.05, 0.1) is 11.4 Å². The molecule has 5 aromatic rings. The number of anilines is 3. The molecule has 0 atom stereocenters. The molecule has 0 amide bonds. The Morgan fingerprint density at radius 1 is 0.588 bits per heavy atom. The summed E-state index contributed by atoms with van der Waals surface area (Å²) in [6.07, 6.45) is 0. The minimum atomic E-state index is 0.680. The minimum Gasteiger partial charge on any atom is -0.381 e. The van der Waals surface area contributed by atoms with Crippen molar-refractivity contribution >= 4 is 50.8 Å². The van der Waals surface area contributed by atoms with Gasteiger partial charge in [0, 0.05) is 39.4 Å². The van der Waals surface area contributed by atoms with Crippen LogP contribution in [0.1, 0.15) is 5.56 Å². The highest BCUT2D eigenvalue weighted by molar-refractivity contribution is 6.30. The largest absolute Gasteiger partial charge is 0.381 e. The molecule has 0 spiro atoms. The minimum absolute atomic E-state index is 0.680. The molecule has 0 aromatic heterocycles. The molecule has 5 rings (SSSR count). The Kier molecular flexibility index (Phi) is 6.50. The molecule has 0 fully saturated rings. The predicted molar refractivity (Wildman–Crippen MR) is 143 cm³/mol. The Balaban J connectivity index is 1.33. The summed E-state index contributed by atoms with van der Waals surface area (Å²) >= 11 is 5.96. The number of azo groups is 1. The van der Waals surface area contributed by atoms with Gasteiger partial charge in [0.1, 0.15) is 0 Å². The SMILES string of the molecule is Clc1ccc(N=Nc2ccc(Nc3ccc(NCc4ccccc4)cc3)c3ccccc23)cc1. The standard InChI is InChI=1S/C29H23ClN4/c30-22-10-12-25(13-11-22)33-34-29-19-18-28(26-8-4-5-9-27(26)29)32-24-16-14-23(15-17-24)31-20-21-6-2-1-3-7-21/h1-19,31-32H,20H2. The lowest BCUT2D eigenvalue weighted by molar-refractivity contribution is 1.15. The quantitative estimate of drug-likeness (QED) is 0.237. The molecule has 0 saturated carbocycles. The Morgan fingerprint density at radius 2 is 1.26 bits per heavy atom. The van der Waals surface area contributed by atoms with Crippen LogP contribution in [-0.4, -0.2) is 0 Å². The van der Waals surface area contributed by atoms with E-state index in [9.17, 15) is 0 Å². The number of halogens is 1. The van der Waals surface area contributed by atoms with E-state index in [4.69, 9.17) is 11.6 Å². The number of benzene rings is 5. The van der Waals surface area contributed by atoms with E-state index in [0.29, 0.717) is 5.02 Å². The third-order valence-corrected chi connectivity index (χ3v) is 5.76. The zero-order valence-electron chi connectivity index (χ0n) is 18.4. The molecule has 0 unspecified atom stereocenters. The van der Waals surface area contributed by atoms with Gasteiger partial charge in [0.25, 0.3) is 0 Å². The van der Waals surface area contributed by atoms with Gasteiger partial charge in [-0.15, -0.1) is 5.11 Å². The second-order valence-electron chi connectivity index (χ2n) is 7.90. The Morgan fingerprint density at radius 3 is 2.03 bits per heavy atom. The van der Waals surface area contributed by atoms with Crippen molar-refractivity contribution in [1.29, 1.82) is 0 Å². The normalized spacial score (nSPS) is 11.1. The van der Waals surface area contributed by atoms with Gasteiger partial charge in [-0.2, -0.15) is 5.11 Å². The molecule has 34 heavy (non-hydrogen) atoms. The van der Waals surface area contributed by atoms with Crippen molar-refractivity contribution < 1.29 is 0 Å². The van der Waals surface area contributed by atoms with E-state index in [1.54, 1.807) is 0 Å². The third kappa shape index (κ3) is 5.25. The van der Waals surface area contributed by atoms with Gasteiger partial charge in [-0.3, -0.25) is 0 Å². The molecule has 0 aliphatic carbocycles. The number of hydrogen-bond acceptors (Lipinski definition) is 4. The fourth-order valence-corrected chi connectivity index (χ4v) is 3.85. The summed E-state index contributed by atoms with van der Waals surface area (Å²) < 4.78 is 0. The van der Waals surface area contributed by atoms with E-state index >= 15 is 0 Å². The summed E-state index contributed by atoms with van der Waals surface area (Å²) in [5.41, 5.74) is 5.95. The maximum absolute atomic E-state index is 5.96. The molecule has 0 heterocycles. The summed E-state index contributed by atoms with van der Waals surface area (Å²) in [5, 5.41) is 18.7. The summed E-state index contributed by atoms with van der Waals surface area (Å²) in [4.78, 5) is 0. The van der Waals surface area contributed by atoms with Crippen LogP contribution in [0.15, 0.2) is 125 Å². The van der Waals surface area contributed by atoms with Crippen LogP contribution in [0.2, 0.25) is 5.02 Å². The van der Waals surface area contributed by atoms with Crippen LogP contribution < -0.4 is 10.6 Å². The molecule has 0 aliphatic heterocycles. The number of hydrogen-bond donors (Lipinski definition) is 2. The van der Waals surface area contributed by atoms with E-state index in [2.05, 4.69) is 81.5 Å². The summed E-state index contributed by atoms with van der Waals surface area (Å²) in [6.45, 7) is 0.796. The Bertz CT molecular complexity index is 1410. The number of rotatable bonds is 7. The van der Waals surface area contributed by atoms with Gasteiger partial charge in [-0.1, -0.05) is 66.2 Å². The first-order valence-electron chi connectivity index (χ1n) is 11.1. The molecule has 5 aromatic carbocycles. The molecule has 0 aliphatic rings. The lowest BCUT2D eigenvalue weighted by Gasteiger charge is -2.12. The highest BCUT2D eigenvalue weighted by atomic mass is 35.5. The first-order valence-corrected chi connectivity index (χ1v) is 11.5. The van der Waals surface area contributed by atoms with Crippen LogP contribution in [0, 0.1) is 0 Å². The Labute approximate surface area is 203 Å². The third-order valence-electron chi connectivity index (χ3n) is 5.50. The van der Waals surface area contributed by atoms with Crippen LogP contribution in [0.25, 0.3) is 10.8 Å². The van der Waals surface area contributed by atoms with Crippen molar-refractivity contribution in [2.75, 3.05) is 10.6 Å². The average molecular weight is 463 g/mol. The van der Waals surface area contributed by atoms with Crippen molar-refractivity contribution in [2.45, 2.75) is 6.54 Å². The second kappa shape index (κ2) is 10.2. The van der Waals surface area contributed by atoms with E-state index in [1.165, 1.54) is 5.56 Å². The fraction of sp³-hybridized carbons (Fsp3) is 0.0345. The molecule has 5 heteroatoms. The first-order chi connectivity index (χ1) is 16.7. The zero-order chi connectivity index (χ0) is 23.2. The maximum atomic E-state index is 5.96. The van der Waals surface area contributed by atoms with Crippen LogP contribution in [0.4, 0.5) is 28.4 Å². The Hall–Kier alpha value is -4.15.